The Bertz CT molecular complexity index is 440. The van der Waals surface area contributed by atoms with Crippen molar-refractivity contribution in [2.75, 3.05) is 0 Å². The zero-order valence-electron chi connectivity index (χ0n) is 10.2. The lowest BCUT2D eigenvalue weighted by Gasteiger charge is -2.35. The fraction of sp³-hybridized carbons (Fsp3) is 0.500. The van der Waals surface area contributed by atoms with Crippen molar-refractivity contribution < 1.29 is 18.7 Å². The quantitative estimate of drug-likeness (QED) is 0.889. The predicted molar refractivity (Wildman–Crippen MR) is 64.2 cm³/mol. The van der Waals surface area contributed by atoms with Crippen LogP contribution in [0.2, 0.25) is 0 Å². The van der Waals surface area contributed by atoms with Crippen molar-refractivity contribution in [3.63, 3.8) is 0 Å². The highest BCUT2D eigenvalue weighted by atomic mass is 19.3. The van der Waals surface area contributed by atoms with Gasteiger partial charge in [0, 0.05) is 6.92 Å². The molecule has 1 N–H and O–H groups in total. The van der Waals surface area contributed by atoms with Crippen molar-refractivity contribution >= 4 is 5.97 Å². The number of alkyl halides is 2. The van der Waals surface area contributed by atoms with Crippen LogP contribution in [-0.2, 0) is 5.41 Å². The molecule has 0 atom stereocenters. The number of carbonyl (C=O) groups is 1. The van der Waals surface area contributed by atoms with Gasteiger partial charge in [0.05, 0.1) is 11.0 Å². The molecule has 0 amide bonds. The van der Waals surface area contributed by atoms with Gasteiger partial charge < -0.3 is 5.11 Å². The number of hydrogen-bond acceptors (Lipinski definition) is 1. The smallest absolute Gasteiger partial charge is 0.335 e. The molecule has 1 saturated carbocycles. The predicted octanol–water partition coefficient (Wildman–Crippen LogP) is 3.85. The summed E-state index contributed by atoms with van der Waals surface area (Å²) in [4.78, 5) is 10.8. The number of rotatable bonds is 3. The first-order valence-electron chi connectivity index (χ1n) is 6.08. The van der Waals surface area contributed by atoms with Crippen molar-refractivity contribution in [2.24, 2.45) is 0 Å². The Hall–Kier alpha value is -1.45. The molecule has 1 aliphatic carbocycles. The highest BCUT2D eigenvalue weighted by Crippen LogP contribution is 2.51. The summed E-state index contributed by atoms with van der Waals surface area (Å²) in [6.07, 6.45) is 2.51. The van der Waals surface area contributed by atoms with E-state index in [9.17, 15) is 13.6 Å². The average Bonchev–Trinajstić information content (AvgIpc) is 2.78. The number of halogens is 2. The second-order valence-corrected chi connectivity index (χ2v) is 5.06. The SMILES string of the molecule is CC(F)(F)C1(c2ccc(C(=O)O)cc2)CCCC1. The van der Waals surface area contributed by atoms with Crippen molar-refractivity contribution in [1.29, 1.82) is 0 Å². The normalized spacial score (nSPS) is 18.8. The number of carboxylic acid groups (broad SMARTS) is 1. The lowest BCUT2D eigenvalue weighted by atomic mass is 9.74. The Morgan fingerprint density at radius 1 is 1.22 bits per heavy atom. The van der Waals surface area contributed by atoms with Crippen LogP contribution >= 0.6 is 0 Å². The van der Waals surface area contributed by atoms with E-state index in [0.29, 0.717) is 18.4 Å². The molecule has 0 radical (unpaired) electrons. The molecule has 1 aliphatic rings. The Morgan fingerprint density at radius 2 is 1.72 bits per heavy atom. The van der Waals surface area contributed by atoms with Crippen molar-refractivity contribution in [1.82, 2.24) is 0 Å². The molecule has 18 heavy (non-hydrogen) atoms. The van der Waals surface area contributed by atoms with E-state index in [-0.39, 0.29) is 5.56 Å². The number of benzene rings is 1. The molecule has 1 aromatic carbocycles. The zero-order valence-corrected chi connectivity index (χ0v) is 10.2. The summed E-state index contributed by atoms with van der Waals surface area (Å²) < 4.78 is 27.8. The van der Waals surface area contributed by atoms with E-state index in [2.05, 4.69) is 0 Å². The first-order valence-corrected chi connectivity index (χ1v) is 6.08. The topological polar surface area (TPSA) is 37.3 Å². The monoisotopic (exact) mass is 254 g/mol. The van der Waals surface area contributed by atoms with Gasteiger partial charge in [-0.15, -0.1) is 0 Å². The number of hydrogen-bond donors (Lipinski definition) is 1. The fourth-order valence-electron chi connectivity index (χ4n) is 2.89. The summed E-state index contributed by atoms with van der Waals surface area (Å²) in [5, 5.41) is 8.82. The van der Waals surface area contributed by atoms with Gasteiger partial charge in [0.25, 0.3) is 5.92 Å². The van der Waals surface area contributed by atoms with Crippen LogP contribution in [0.25, 0.3) is 0 Å². The molecule has 1 fully saturated rings. The van der Waals surface area contributed by atoms with Gasteiger partial charge in [-0.25, -0.2) is 13.6 Å². The van der Waals surface area contributed by atoms with Gasteiger partial charge in [-0.3, -0.25) is 0 Å². The summed E-state index contributed by atoms with van der Waals surface area (Å²) in [6.45, 7) is 0.962. The molecule has 0 saturated heterocycles. The molecule has 0 spiro atoms. The van der Waals surface area contributed by atoms with E-state index in [1.807, 2.05) is 0 Å². The molecule has 4 heteroatoms. The summed E-state index contributed by atoms with van der Waals surface area (Å²) in [7, 11) is 0. The van der Waals surface area contributed by atoms with Gasteiger partial charge in [-0.05, 0) is 30.5 Å². The van der Waals surface area contributed by atoms with Crippen molar-refractivity contribution in [3.8, 4) is 0 Å². The van der Waals surface area contributed by atoms with Crippen molar-refractivity contribution in [2.45, 2.75) is 43.9 Å². The van der Waals surface area contributed by atoms with Crippen LogP contribution in [-0.4, -0.2) is 17.0 Å². The molecule has 0 unspecified atom stereocenters. The minimum atomic E-state index is -2.78. The van der Waals surface area contributed by atoms with Crippen LogP contribution in [0.5, 0.6) is 0 Å². The molecule has 1 aromatic rings. The second kappa shape index (κ2) is 4.34. The van der Waals surface area contributed by atoms with E-state index in [0.717, 1.165) is 19.8 Å². The van der Waals surface area contributed by atoms with E-state index >= 15 is 0 Å². The highest BCUT2D eigenvalue weighted by Gasteiger charge is 2.52. The molecular weight excluding hydrogens is 238 g/mol. The van der Waals surface area contributed by atoms with E-state index in [4.69, 9.17) is 5.11 Å². The molecule has 98 valence electrons. The highest BCUT2D eigenvalue weighted by molar-refractivity contribution is 5.87. The second-order valence-electron chi connectivity index (χ2n) is 5.06. The van der Waals surface area contributed by atoms with E-state index in [1.165, 1.54) is 24.3 Å². The molecule has 0 heterocycles. The van der Waals surface area contributed by atoms with Gasteiger partial charge in [0.15, 0.2) is 0 Å². The standard InChI is InChI=1S/C14H16F2O2/c1-13(15,16)14(8-2-3-9-14)11-6-4-10(5-7-11)12(17)18/h4-7H,2-3,8-9H2,1H3,(H,17,18). The number of carboxylic acids is 1. The Kier molecular flexibility index (Phi) is 3.13. The van der Waals surface area contributed by atoms with E-state index < -0.39 is 17.3 Å². The Morgan fingerprint density at radius 3 is 2.11 bits per heavy atom. The maximum absolute atomic E-state index is 13.9. The summed E-state index contributed by atoms with van der Waals surface area (Å²) in [5.41, 5.74) is -0.437. The minimum Gasteiger partial charge on any atom is -0.478 e. The number of aromatic carboxylic acids is 1. The van der Waals surface area contributed by atoms with Gasteiger partial charge in [0.2, 0.25) is 0 Å². The van der Waals surface area contributed by atoms with Gasteiger partial charge in [-0.1, -0.05) is 25.0 Å². The first-order chi connectivity index (χ1) is 8.37. The van der Waals surface area contributed by atoms with Crippen LogP contribution in [0.15, 0.2) is 24.3 Å². The lowest BCUT2D eigenvalue weighted by molar-refractivity contribution is -0.0599. The summed E-state index contributed by atoms with van der Waals surface area (Å²) in [6, 6.07) is 5.88. The maximum atomic E-state index is 13.9. The molecule has 2 rings (SSSR count). The van der Waals surface area contributed by atoms with Gasteiger partial charge in [0.1, 0.15) is 0 Å². The average molecular weight is 254 g/mol. The van der Waals surface area contributed by atoms with E-state index in [1.54, 1.807) is 0 Å². The molecule has 0 aliphatic heterocycles. The van der Waals surface area contributed by atoms with Gasteiger partial charge in [-0.2, -0.15) is 0 Å². The van der Waals surface area contributed by atoms with Crippen molar-refractivity contribution in [3.05, 3.63) is 35.4 Å². The molecule has 2 nitrogen and oxygen atoms in total. The Labute approximate surface area is 105 Å². The third kappa shape index (κ3) is 2.00. The third-order valence-corrected chi connectivity index (χ3v) is 3.98. The fourth-order valence-corrected chi connectivity index (χ4v) is 2.89. The lowest BCUT2D eigenvalue weighted by Crippen LogP contribution is -2.40. The third-order valence-electron chi connectivity index (χ3n) is 3.98. The molecule has 0 aromatic heterocycles. The maximum Gasteiger partial charge on any atom is 0.335 e. The summed E-state index contributed by atoms with van der Waals surface area (Å²) in [5.74, 6) is -3.82. The van der Waals surface area contributed by atoms with Crippen LogP contribution in [0.3, 0.4) is 0 Å². The van der Waals surface area contributed by atoms with Gasteiger partial charge >= 0.3 is 5.97 Å². The largest absolute Gasteiger partial charge is 0.478 e. The first kappa shape index (κ1) is 13.0. The van der Waals surface area contributed by atoms with Crippen LogP contribution in [0.1, 0.15) is 48.5 Å². The van der Waals surface area contributed by atoms with Crippen LogP contribution in [0, 0.1) is 0 Å². The minimum absolute atomic E-state index is 0.131. The Balaban J connectivity index is 2.41. The zero-order chi connectivity index (χ0) is 13.4. The summed E-state index contributed by atoms with van der Waals surface area (Å²) >= 11 is 0. The molecular formula is C14H16F2O2. The molecule has 0 bridgehead atoms. The van der Waals surface area contributed by atoms with Crippen LogP contribution in [0.4, 0.5) is 8.78 Å². The van der Waals surface area contributed by atoms with Crippen LogP contribution < -0.4 is 0 Å².